The molecule has 8 heteroatoms. The summed E-state index contributed by atoms with van der Waals surface area (Å²) in [5.74, 6) is -0.348. The predicted octanol–water partition coefficient (Wildman–Crippen LogP) is 5.09. The lowest BCUT2D eigenvalue weighted by Gasteiger charge is -2.13. The summed E-state index contributed by atoms with van der Waals surface area (Å²) in [5.41, 5.74) is 3.06. The minimum Gasteiger partial charge on any atom is -0.302 e. The van der Waals surface area contributed by atoms with Crippen LogP contribution in [-0.2, 0) is 16.0 Å². The Balaban J connectivity index is 1.36. The molecule has 2 amide bonds. The van der Waals surface area contributed by atoms with E-state index in [1.807, 2.05) is 42.5 Å². The fourth-order valence-electron chi connectivity index (χ4n) is 3.01. The number of benzene rings is 2. The van der Waals surface area contributed by atoms with E-state index in [2.05, 4.69) is 29.4 Å². The Morgan fingerprint density at radius 2 is 1.97 bits per heavy atom. The number of aromatic nitrogens is 1. The normalized spacial score (nSPS) is 15.4. The third-order valence-electron chi connectivity index (χ3n) is 4.66. The number of aryl methyl sites for hydroxylation is 1. The van der Waals surface area contributed by atoms with Crippen LogP contribution in [0.15, 0.2) is 53.4 Å². The summed E-state index contributed by atoms with van der Waals surface area (Å²) in [7, 11) is 0. The Morgan fingerprint density at radius 3 is 2.70 bits per heavy atom. The third-order valence-corrected chi connectivity index (χ3v) is 6.99. The number of thioether (sulfide) groups is 1. The van der Waals surface area contributed by atoms with E-state index in [4.69, 9.17) is 12.2 Å². The standard InChI is InChI=1S/C22H19N3O2S3/c1-2-14-7-9-15(10-8-14)13-18-20(27)25(22(28)30-18)12-11-19(26)24-21-23-16-5-3-4-6-17(16)29-21/h3-10,13H,2,11-12H2,1H3,(H,23,24,26)/b18-13+. The van der Waals surface area contributed by atoms with E-state index in [0.29, 0.717) is 14.4 Å². The van der Waals surface area contributed by atoms with Gasteiger partial charge in [0.15, 0.2) is 5.13 Å². The summed E-state index contributed by atoms with van der Waals surface area (Å²) in [4.78, 5) is 31.6. The van der Waals surface area contributed by atoms with Crippen LogP contribution in [0, 0.1) is 0 Å². The average Bonchev–Trinajstić information content (AvgIpc) is 3.27. The summed E-state index contributed by atoms with van der Waals surface area (Å²) in [6.07, 6.45) is 2.97. The molecule has 0 radical (unpaired) electrons. The number of hydrogen-bond donors (Lipinski definition) is 1. The summed E-state index contributed by atoms with van der Waals surface area (Å²) in [5, 5.41) is 3.37. The van der Waals surface area contributed by atoms with Gasteiger partial charge in [-0.05, 0) is 35.8 Å². The molecule has 1 fully saturated rings. The van der Waals surface area contributed by atoms with Gasteiger partial charge in [-0.15, -0.1) is 0 Å². The van der Waals surface area contributed by atoms with Crippen LogP contribution in [0.25, 0.3) is 16.3 Å². The number of rotatable bonds is 6. The highest BCUT2D eigenvalue weighted by Crippen LogP contribution is 2.33. The van der Waals surface area contributed by atoms with Crippen molar-refractivity contribution in [1.82, 2.24) is 9.88 Å². The number of nitrogens with zero attached hydrogens (tertiary/aromatic N) is 2. The molecule has 1 saturated heterocycles. The van der Waals surface area contributed by atoms with Crippen LogP contribution >= 0.6 is 35.3 Å². The van der Waals surface area contributed by atoms with Gasteiger partial charge in [-0.1, -0.05) is 78.6 Å². The number of para-hydroxylation sites is 1. The minimum atomic E-state index is -0.192. The van der Waals surface area contributed by atoms with E-state index in [-0.39, 0.29) is 24.8 Å². The van der Waals surface area contributed by atoms with Gasteiger partial charge >= 0.3 is 0 Å². The zero-order chi connectivity index (χ0) is 21.1. The molecule has 0 spiro atoms. The Kier molecular flexibility index (Phi) is 6.26. The van der Waals surface area contributed by atoms with Crippen molar-refractivity contribution in [3.8, 4) is 0 Å². The number of nitrogens with one attached hydrogen (secondary N) is 1. The predicted molar refractivity (Wildman–Crippen MR) is 129 cm³/mol. The maximum absolute atomic E-state index is 12.7. The van der Waals surface area contributed by atoms with Gasteiger partial charge in [0, 0.05) is 13.0 Å². The van der Waals surface area contributed by atoms with Crippen LogP contribution in [0.4, 0.5) is 5.13 Å². The first-order valence-corrected chi connectivity index (χ1v) is 11.6. The van der Waals surface area contributed by atoms with Crippen LogP contribution in [0.3, 0.4) is 0 Å². The number of carbonyl (C=O) groups excluding carboxylic acids is 2. The molecule has 1 N–H and O–H groups in total. The fourth-order valence-corrected chi connectivity index (χ4v) is 5.21. The van der Waals surface area contributed by atoms with E-state index in [9.17, 15) is 9.59 Å². The van der Waals surface area contributed by atoms with E-state index in [1.165, 1.54) is 33.6 Å². The van der Waals surface area contributed by atoms with Crippen LogP contribution in [0.2, 0.25) is 0 Å². The molecule has 0 atom stereocenters. The van der Waals surface area contributed by atoms with Crippen molar-refractivity contribution < 1.29 is 9.59 Å². The van der Waals surface area contributed by atoms with Crippen molar-refractivity contribution in [1.29, 1.82) is 0 Å². The molecule has 4 rings (SSSR count). The van der Waals surface area contributed by atoms with Gasteiger partial charge in [0.05, 0.1) is 15.1 Å². The first-order valence-electron chi connectivity index (χ1n) is 9.53. The number of thiocarbonyl (C=S) groups is 1. The molecule has 0 bridgehead atoms. The Bertz CT molecular complexity index is 1120. The molecule has 0 saturated carbocycles. The Hall–Kier alpha value is -2.55. The van der Waals surface area contributed by atoms with Gasteiger partial charge in [0.2, 0.25) is 5.91 Å². The van der Waals surface area contributed by atoms with E-state index >= 15 is 0 Å². The Labute approximate surface area is 188 Å². The van der Waals surface area contributed by atoms with Crippen molar-refractivity contribution in [3.63, 3.8) is 0 Å². The minimum absolute atomic E-state index is 0.154. The second-order valence-corrected chi connectivity index (χ2v) is 9.42. The van der Waals surface area contributed by atoms with Crippen LogP contribution in [0.5, 0.6) is 0 Å². The quantitative estimate of drug-likeness (QED) is 0.416. The number of amides is 2. The third kappa shape index (κ3) is 4.61. The molecule has 1 aromatic heterocycles. The molecule has 1 aliphatic rings. The molecular formula is C22H19N3O2S3. The van der Waals surface area contributed by atoms with Gasteiger partial charge < -0.3 is 5.32 Å². The molecule has 2 heterocycles. The number of hydrogen-bond acceptors (Lipinski definition) is 6. The summed E-state index contributed by atoms with van der Waals surface area (Å²) < 4.78 is 1.49. The number of carbonyl (C=O) groups is 2. The lowest BCUT2D eigenvalue weighted by Crippen LogP contribution is -2.31. The molecular weight excluding hydrogens is 434 g/mol. The fraction of sp³-hybridized carbons (Fsp3) is 0.182. The first kappa shape index (κ1) is 20.7. The number of anilines is 1. The highest BCUT2D eigenvalue weighted by Gasteiger charge is 2.32. The zero-order valence-corrected chi connectivity index (χ0v) is 18.7. The van der Waals surface area contributed by atoms with Crippen LogP contribution in [-0.4, -0.2) is 32.6 Å². The van der Waals surface area contributed by atoms with Gasteiger partial charge in [0.25, 0.3) is 5.91 Å². The Morgan fingerprint density at radius 1 is 1.20 bits per heavy atom. The second-order valence-electron chi connectivity index (χ2n) is 6.71. The van der Waals surface area contributed by atoms with Crippen molar-refractivity contribution in [2.75, 3.05) is 11.9 Å². The average molecular weight is 454 g/mol. The van der Waals surface area contributed by atoms with Crippen LogP contribution in [0.1, 0.15) is 24.5 Å². The van der Waals surface area contributed by atoms with Gasteiger partial charge in [-0.3, -0.25) is 14.5 Å². The molecule has 2 aromatic carbocycles. The first-order chi connectivity index (χ1) is 14.5. The van der Waals surface area contributed by atoms with E-state index in [1.54, 1.807) is 0 Å². The van der Waals surface area contributed by atoms with Crippen molar-refractivity contribution in [3.05, 3.63) is 64.6 Å². The van der Waals surface area contributed by atoms with Crippen molar-refractivity contribution >= 4 is 72.9 Å². The molecule has 0 unspecified atom stereocenters. The molecule has 30 heavy (non-hydrogen) atoms. The topological polar surface area (TPSA) is 62.3 Å². The maximum atomic E-state index is 12.7. The van der Waals surface area contributed by atoms with Gasteiger partial charge in [-0.2, -0.15) is 0 Å². The molecule has 0 aliphatic carbocycles. The van der Waals surface area contributed by atoms with Crippen molar-refractivity contribution in [2.45, 2.75) is 19.8 Å². The lowest BCUT2D eigenvalue weighted by atomic mass is 10.1. The highest BCUT2D eigenvalue weighted by atomic mass is 32.2. The summed E-state index contributed by atoms with van der Waals surface area (Å²) in [6.45, 7) is 2.35. The molecule has 5 nitrogen and oxygen atoms in total. The zero-order valence-electron chi connectivity index (χ0n) is 16.3. The van der Waals surface area contributed by atoms with E-state index < -0.39 is 0 Å². The molecule has 3 aromatic rings. The number of fused-ring (bicyclic) bond motifs is 1. The number of thiazole rings is 1. The van der Waals surface area contributed by atoms with Gasteiger partial charge in [-0.25, -0.2) is 4.98 Å². The van der Waals surface area contributed by atoms with E-state index in [0.717, 1.165) is 22.2 Å². The summed E-state index contributed by atoms with van der Waals surface area (Å²) >= 11 is 8.06. The van der Waals surface area contributed by atoms with Crippen LogP contribution < -0.4 is 5.32 Å². The van der Waals surface area contributed by atoms with Crippen molar-refractivity contribution in [2.24, 2.45) is 0 Å². The lowest BCUT2D eigenvalue weighted by molar-refractivity contribution is -0.122. The molecule has 1 aliphatic heterocycles. The largest absolute Gasteiger partial charge is 0.302 e. The maximum Gasteiger partial charge on any atom is 0.266 e. The second kappa shape index (κ2) is 9.07. The van der Waals surface area contributed by atoms with Gasteiger partial charge in [0.1, 0.15) is 4.32 Å². The highest BCUT2D eigenvalue weighted by molar-refractivity contribution is 8.26. The monoisotopic (exact) mass is 453 g/mol. The SMILES string of the molecule is CCc1ccc(/C=C2/SC(=S)N(CCC(=O)Nc3nc4ccccc4s3)C2=O)cc1. The molecule has 152 valence electrons. The summed E-state index contributed by atoms with van der Waals surface area (Å²) in [6, 6.07) is 15.8. The smallest absolute Gasteiger partial charge is 0.266 e.